The van der Waals surface area contributed by atoms with E-state index >= 15 is 4.39 Å². The summed E-state index contributed by atoms with van der Waals surface area (Å²) < 4.78 is 22.6. The normalized spacial score (nSPS) is 14.1. The highest BCUT2D eigenvalue weighted by Gasteiger charge is 2.25. The van der Waals surface area contributed by atoms with Crippen LogP contribution in [0.25, 0.3) is 16.5 Å². The SMILES string of the molecule is CN(C)C(=O)c1cc2c(F)c(C3=CCCN(C(=O)CCn4cccn4)C3)cc(Cl)c2o1. The number of halogens is 2. The summed E-state index contributed by atoms with van der Waals surface area (Å²) in [7, 11) is 3.17. The molecule has 1 aliphatic heterocycles. The minimum Gasteiger partial charge on any atom is -0.449 e. The third kappa shape index (κ3) is 4.20. The quantitative estimate of drug-likeness (QED) is 0.599. The zero-order valence-corrected chi connectivity index (χ0v) is 18.0. The van der Waals surface area contributed by atoms with Gasteiger partial charge >= 0.3 is 0 Å². The number of rotatable bonds is 5. The van der Waals surface area contributed by atoms with Crippen LogP contribution >= 0.6 is 11.6 Å². The first-order chi connectivity index (χ1) is 14.8. The van der Waals surface area contributed by atoms with E-state index in [1.165, 1.54) is 17.0 Å². The molecule has 2 aromatic heterocycles. The maximum atomic E-state index is 15.4. The lowest BCUT2D eigenvalue weighted by molar-refractivity contribution is -0.131. The topological polar surface area (TPSA) is 71.6 Å². The van der Waals surface area contributed by atoms with Gasteiger partial charge < -0.3 is 14.2 Å². The molecule has 4 rings (SSSR count). The maximum Gasteiger partial charge on any atom is 0.289 e. The largest absolute Gasteiger partial charge is 0.449 e. The predicted octanol–water partition coefficient (Wildman–Crippen LogP) is 3.83. The van der Waals surface area contributed by atoms with E-state index in [0.29, 0.717) is 37.1 Å². The van der Waals surface area contributed by atoms with Gasteiger partial charge in [0.2, 0.25) is 5.91 Å². The Morgan fingerprint density at radius 1 is 1.32 bits per heavy atom. The molecule has 0 bridgehead atoms. The van der Waals surface area contributed by atoms with Gasteiger partial charge in [-0.05, 0) is 24.1 Å². The van der Waals surface area contributed by atoms with Crippen LogP contribution in [0.4, 0.5) is 4.39 Å². The zero-order chi connectivity index (χ0) is 22.1. The van der Waals surface area contributed by atoms with Gasteiger partial charge in [-0.3, -0.25) is 14.3 Å². The molecule has 0 saturated carbocycles. The summed E-state index contributed by atoms with van der Waals surface area (Å²) in [5, 5.41) is 4.47. The number of nitrogens with zero attached hydrogens (tertiary/aromatic N) is 4. The van der Waals surface area contributed by atoms with Crippen LogP contribution in [0.2, 0.25) is 5.02 Å². The van der Waals surface area contributed by atoms with Crippen LogP contribution in [0.3, 0.4) is 0 Å². The van der Waals surface area contributed by atoms with Crippen molar-refractivity contribution in [3.05, 3.63) is 58.8 Å². The molecule has 0 aliphatic carbocycles. The molecular weight excluding hydrogens is 423 g/mol. The Morgan fingerprint density at radius 2 is 2.13 bits per heavy atom. The van der Waals surface area contributed by atoms with E-state index < -0.39 is 5.82 Å². The van der Waals surface area contributed by atoms with Crippen molar-refractivity contribution in [3.63, 3.8) is 0 Å². The number of fused-ring (bicyclic) bond motifs is 1. The molecule has 0 atom stereocenters. The van der Waals surface area contributed by atoms with E-state index in [-0.39, 0.29) is 40.1 Å². The second-order valence-corrected chi connectivity index (χ2v) is 8.03. The Balaban J connectivity index is 1.57. The van der Waals surface area contributed by atoms with Crippen LogP contribution in [0.1, 0.15) is 29.0 Å². The summed E-state index contributed by atoms with van der Waals surface area (Å²) in [5.41, 5.74) is 1.13. The first-order valence-corrected chi connectivity index (χ1v) is 10.3. The Morgan fingerprint density at radius 3 is 2.84 bits per heavy atom. The standard InChI is InChI=1S/C22H22ClFN4O3/c1-26(2)22(30)18-12-16-20(24)15(11-17(23)21(16)31-18)14-5-3-8-27(13-14)19(29)6-10-28-9-4-7-25-28/h4-5,7,9,11-12H,3,6,8,10,13H2,1-2H3. The van der Waals surface area contributed by atoms with E-state index in [1.54, 1.807) is 29.9 Å². The molecule has 2 amide bonds. The number of benzene rings is 1. The molecule has 0 fully saturated rings. The molecule has 0 N–H and O–H groups in total. The fourth-order valence-corrected chi connectivity index (χ4v) is 3.89. The summed E-state index contributed by atoms with van der Waals surface area (Å²) in [6.45, 7) is 1.36. The van der Waals surface area contributed by atoms with Crippen LogP contribution in [-0.2, 0) is 11.3 Å². The fourth-order valence-electron chi connectivity index (χ4n) is 3.64. The van der Waals surface area contributed by atoms with Crippen LogP contribution in [0, 0.1) is 5.82 Å². The average Bonchev–Trinajstić information content (AvgIpc) is 3.44. The molecular formula is C22H22ClFN4O3. The lowest BCUT2D eigenvalue weighted by atomic mass is 9.98. The van der Waals surface area contributed by atoms with Gasteiger partial charge in [0.15, 0.2) is 11.3 Å². The van der Waals surface area contributed by atoms with Crippen molar-refractivity contribution in [3.8, 4) is 0 Å². The zero-order valence-electron chi connectivity index (χ0n) is 17.3. The Kier molecular flexibility index (Phi) is 5.82. The molecule has 3 heterocycles. The summed E-state index contributed by atoms with van der Waals surface area (Å²) in [6, 6.07) is 4.68. The highest BCUT2D eigenvalue weighted by molar-refractivity contribution is 6.35. The second kappa shape index (κ2) is 8.55. The van der Waals surface area contributed by atoms with Crippen LogP contribution in [-0.4, -0.2) is 58.6 Å². The number of aromatic nitrogens is 2. The lowest BCUT2D eigenvalue weighted by Crippen LogP contribution is -2.36. The summed E-state index contributed by atoms with van der Waals surface area (Å²) in [6.07, 6.45) is 6.33. The van der Waals surface area contributed by atoms with Gasteiger partial charge in [-0.2, -0.15) is 5.10 Å². The molecule has 162 valence electrons. The Bertz CT molecular complexity index is 1170. The minimum absolute atomic E-state index is 0.0177. The molecule has 1 aromatic carbocycles. The summed E-state index contributed by atoms with van der Waals surface area (Å²) in [4.78, 5) is 27.9. The van der Waals surface area contributed by atoms with Gasteiger partial charge in [-0.15, -0.1) is 0 Å². The highest BCUT2D eigenvalue weighted by atomic mass is 35.5. The first-order valence-electron chi connectivity index (χ1n) is 9.93. The minimum atomic E-state index is -0.516. The number of carbonyl (C=O) groups excluding carboxylic acids is 2. The number of aryl methyl sites for hydroxylation is 1. The predicted molar refractivity (Wildman–Crippen MR) is 115 cm³/mol. The number of furan rings is 1. The van der Waals surface area contributed by atoms with E-state index in [2.05, 4.69) is 5.10 Å². The van der Waals surface area contributed by atoms with Gasteiger partial charge in [0.1, 0.15) is 5.82 Å². The molecule has 0 radical (unpaired) electrons. The molecule has 7 nitrogen and oxygen atoms in total. The van der Waals surface area contributed by atoms with Crippen LogP contribution in [0.5, 0.6) is 0 Å². The van der Waals surface area contributed by atoms with Gasteiger partial charge in [-0.25, -0.2) is 4.39 Å². The van der Waals surface area contributed by atoms with Crippen LogP contribution < -0.4 is 0 Å². The molecule has 1 aliphatic rings. The van der Waals surface area contributed by atoms with E-state index in [4.69, 9.17) is 16.0 Å². The smallest absolute Gasteiger partial charge is 0.289 e. The van der Waals surface area contributed by atoms with Crippen molar-refractivity contribution in [2.45, 2.75) is 19.4 Å². The molecule has 0 unspecified atom stereocenters. The third-order valence-electron chi connectivity index (χ3n) is 5.27. The van der Waals surface area contributed by atoms with Crippen molar-refractivity contribution in [2.75, 3.05) is 27.2 Å². The Hall–Kier alpha value is -3.13. The fraction of sp³-hybridized carbons (Fsp3) is 0.318. The van der Waals surface area contributed by atoms with Crippen molar-refractivity contribution in [1.29, 1.82) is 0 Å². The molecule has 0 saturated heterocycles. The Labute approximate surface area is 183 Å². The van der Waals surface area contributed by atoms with Gasteiger partial charge in [-0.1, -0.05) is 17.7 Å². The monoisotopic (exact) mass is 444 g/mol. The maximum absolute atomic E-state index is 15.4. The number of hydrogen-bond donors (Lipinski definition) is 0. The van der Waals surface area contributed by atoms with Crippen LogP contribution in [0.15, 0.2) is 41.1 Å². The summed E-state index contributed by atoms with van der Waals surface area (Å²) >= 11 is 6.35. The highest BCUT2D eigenvalue weighted by Crippen LogP contribution is 2.35. The number of carbonyl (C=O) groups is 2. The number of hydrogen-bond acceptors (Lipinski definition) is 4. The van der Waals surface area contributed by atoms with E-state index in [0.717, 1.165) is 0 Å². The van der Waals surface area contributed by atoms with Gasteiger partial charge in [0, 0.05) is 64.2 Å². The lowest BCUT2D eigenvalue weighted by Gasteiger charge is -2.28. The van der Waals surface area contributed by atoms with Crippen molar-refractivity contribution >= 4 is 40.0 Å². The molecule has 0 spiro atoms. The second-order valence-electron chi connectivity index (χ2n) is 7.63. The van der Waals surface area contributed by atoms with Crippen molar-refractivity contribution < 1.29 is 18.4 Å². The molecule has 3 aromatic rings. The third-order valence-corrected chi connectivity index (χ3v) is 5.55. The molecule has 31 heavy (non-hydrogen) atoms. The van der Waals surface area contributed by atoms with Crippen molar-refractivity contribution in [1.82, 2.24) is 19.6 Å². The average molecular weight is 445 g/mol. The van der Waals surface area contributed by atoms with Gasteiger partial charge in [0.05, 0.1) is 10.4 Å². The van der Waals surface area contributed by atoms with E-state index in [9.17, 15) is 9.59 Å². The van der Waals surface area contributed by atoms with E-state index in [1.807, 2.05) is 18.3 Å². The van der Waals surface area contributed by atoms with Crippen molar-refractivity contribution in [2.24, 2.45) is 0 Å². The first kappa shape index (κ1) is 21.1. The van der Waals surface area contributed by atoms with Gasteiger partial charge in [0.25, 0.3) is 5.91 Å². The number of amides is 2. The summed E-state index contributed by atoms with van der Waals surface area (Å²) in [5.74, 6) is -0.890. The molecule has 9 heteroatoms.